The SMILES string of the molecule is Nc1nc2c3ccccc3nc(Cc3ccc4c(c3)CCO4)n2n1. The standard InChI is InChI=1S/C18H15N5O/c19-18-21-17-13-3-1-2-4-14(13)20-16(23(17)22-18)10-11-5-6-15-12(9-11)7-8-24-15/h1-6,9H,7-8,10H2,(H2,19,22). The Kier molecular flexibility index (Phi) is 2.73. The first kappa shape index (κ1) is 13.3. The molecule has 3 heterocycles. The third kappa shape index (κ3) is 2.00. The van der Waals surface area contributed by atoms with Gasteiger partial charge in [0.05, 0.1) is 12.1 Å². The van der Waals surface area contributed by atoms with Crippen LogP contribution in [0, 0.1) is 0 Å². The number of benzene rings is 2. The molecule has 0 spiro atoms. The molecule has 6 nitrogen and oxygen atoms in total. The zero-order valence-electron chi connectivity index (χ0n) is 12.9. The van der Waals surface area contributed by atoms with Gasteiger partial charge in [0, 0.05) is 18.2 Å². The van der Waals surface area contributed by atoms with E-state index < -0.39 is 0 Å². The average molecular weight is 317 g/mol. The molecule has 0 saturated carbocycles. The van der Waals surface area contributed by atoms with Crippen LogP contribution in [0.1, 0.15) is 17.0 Å². The summed E-state index contributed by atoms with van der Waals surface area (Å²) in [5.74, 6) is 2.07. The molecule has 2 aromatic carbocycles. The number of fused-ring (bicyclic) bond motifs is 4. The van der Waals surface area contributed by atoms with E-state index in [2.05, 4.69) is 22.2 Å². The molecule has 2 aromatic heterocycles. The van der Waals surface area contributed by atoms with E-state index in [4.69, 9.17) is 15.5 Å². The minimum absolute atomic E-state index is 0.261. The van der Waals surface area contributed by atoms with Gasteiger partial charge in [-0.3, -0.25) is 0 Å². The molecule has 0 bridgehead atoms. The fraction of sp³-hybridized carbons (Fsp3) is 0.167. The van der Waals surface area contributed by atoms with Crippen LogP contribution in [0.3, 0.4) is 0 Å². The minimum Gasteiger partial charge on any atom is -0.493 e. The van der Waals surface area contributed by atoms with Crippen molar-refractivity contribution in [3.8, 4) is 5.75 Å². The summed E-state index contributed by atoms with van der Waals surface area (Å²) in [7, 11) is 0. The van der Waals surface area contributed by atoms with Crippen LogP contribution in [0.5, 0.6) is 5.75 Å². The Morgan fingerprint density at radius 1 is 1.12 bits per heavy atom. The topological polar surface area (TPSA) is 78.3 Å². The molecule has 0 atom stereocenters. The predicted octanol–water partition coefficient (Wildman–Crippen LogP) is 2.39. The summed E-state index contributed by atoms with van der Waals surface area (Å²) in [4.78, 5) is 9.15. The molecule has 0 saturated heterocycles. The van der Waals surface area contributed by atoms with Gasteiger partial charge in [0.15, 0.2) is 5.65 Å². The number of hydrogen-bond donors (Lipinski definition) is 1. The second-order valence-electron chi connectivity index (χ2n) is 5.97. The molecule has 118 valence electrons. The van der Waals surface area contributed by atoms with Crippen LogP contribution in [0.2, 0.25) is 0 Å². The fourth-order valence-corrected chi connectivity index (χ4v) is 3.28. The minimum atomic E-state index is 0.261. The number of rotatable bonds is 2. The third-order valence-corrected chi connectivity index (χ3v) is 4.38. The average Bonchev–Trinajstić information content (AvgIpc) is 3.20. The monoisotopic (exact) mass is 317 g/mol. The molecule has 2 N–H and O–H groups in total. The van der Waals surface area contributed by atoms with E-state index in [1.54, 1.807) is 4.52 Å². The number of nitrogens with two attached hydrogens (primary N) is 1. The molecule has 0 unspecified atom stereocenters. The van der Waals surface area contributed by atoms with Crippen molar-refractivity contribution < 1.29 is 4.74 Å². The van der Waals surface area contributed by atoms with Gasteiger partial charge in [0.1, 0.15) is 11.6 Å². The second kappa shape index (κ2) is 4.92. The van der Waals surface area contributed by atoms with Crippen LogP contribution in [-0.4, -0.2) is 26.2 Å². The number of para-hydroxylation sites is 1. The lowest BCUT2D eigenvalue weighted by Crippen LogP contribution is -2.05. The van der Waals surface area contributed by atoms with Crippen molar-refractivity contribution in [2.75, 3.05) is 12.3 Å². The predicted molar refractivity (Wildman–Crippen MR) is 91.1 cm³/mol. The molecular weight excluding hydrogens is 302 g/mol. The van der Waals surface area contributed by atoms with E-state index in [0.717, 1.165) is 41.2 Å². The summed E-state index contributed by atoms with van der Waals surface area (Å²) in [6, 6.07) is 14.2. The number of anilines is 1. The molecule has 0 fully saturated rings. The van der Waals surface area contributed by atoms with Gasteiger partial charge in [-0.15, -0.1) is 5.10 Å². The van der Waals surface area contributed by atoms with E-state index in [1.807, 2.05) is 30.3 Å². The van der Waals surface area contributed by atoms with Gasteiger partial charge in [0.2, 0.25) is 5.95 Å². The first-order valence-electron chi connectivity index (χ1n) is 7.92. The van der Waals surface area contributed by atoms with Crippen molar-refractivity contribution >= 4 is 22.5 Å². The molecule has 5 rings (SSSR count). The van der Waals surface area contributed by atoms with Crippen molar-refractivity contribution in [3.05, 3.63) is 59.4 Å². The molecule has 4 aromatic rings. The molecule has 6 heteroatoms. The molecule has 0 amide bonds. The zero-order chi connectivity index (χ0) is 16.1. The van der Waals surface area contributed by atoms with E-state index in [-0.39, 0.29) is 5.95 Å². The molecule has 0 radical (unpaired) electrons. The van der Waals surface area contributed by atoms with Gasteiger partial charge in [-0.25, -0.2) is 4.98 Å². The van der Waals surface area contributed by atoms with E-state index >= 15 is 0 Å². The lowest BCUT2D eigenvalue weighted by molar-refractivity contribution is 0.357. The van der Waals surface area contributed by atoms with Gasteiger partial charge in [-0.1, -0.05) is 24.3 Å². The Hall–Kier alpha value is -3.15. The van der Waals surface area contributed by atoms with Crippen LogP contribution in [-0.2, 0) is 12.8 Å². The molecular formula is C18H15N5O. The van der Waals surface area contributed by atoms with Crippen LogP contribution >= 0.6 is 0 Å². The number of ether oxygens (including phenoxy) is 1. The number of nitrogens with zero attached hydrogens (tertiary/aromatic N) is 4. The molecule has 24 heavy (non-hydrogen) atoms. The van der Waals surface area contributed by atoms with Crippen molar-refractivity contribution in [2.24, 2.45) is 0 Å². The molecule has 1 aliphatic heterocycles. The first-order chi connectivity index (χ1) is 11.8. The maximum atomic E-state index is 5.83. The second-order valence-corrected chi connectivity index (χ2v) is 5.97. The largest absolute Gasteiger partial charge is 0.493 e. The maximum Gasteiger partial charge on any atom is 0.240 e. The molecule has 1 aliphatic rings. The smallest absolute Gasteiger partial charge is 0.240 e. The van der Waals surface area contributed by atoms with Crippen LogP contribution in [0.15, 0.2) is 42.5 Å². The Morgan fingerprint density at radius 3 is 3.00 bits per heavy atom. The highest BCUT2D eigenvalue weighted by Crippen LogP contribution is 2.27. The van der Waals surface area contributed by atoms with Gasteiger partial charge >= 0.3 is 0 Å². The summed E-state index contributed by atoms with van der Waals surface area (Å²) < 4.78 is 7.33. The van der Waals surface area contributed by atoms with Crippen LogP contribution in [0.25, 0.3) is 16.6 Å². The Bertz CT molecular complexity index is 1090. The van der Waals surface area contributed by atoms with Crippen molar-refractivity contribution in [3.63, 3.8) is 0 Å². The Labute approximate surface area is 137 Å². The highest BCUT2D eigenvalue weighted by atomic mass is 16.5. The number of nitrogen functional groups attached to an aromatic ring is 1. The number of aromatic nitrogens is 4. The quantitative estimate of drug-likeness (QED) is 0.614. The van der Waals surface area contributed by atoms with Crippen LogP contribution < -0.4 is 10.5 Å². The zero-order valence-corrected chi connectivity index (χ0v) is 12.9. The van der Waals surface area contributed by atoms with E-state index in [9.17, 15) is 0 Å². The lowest BCUT2D eigenvalue weighted by atomic mass is 10.1. The van der Waals surface area contributed by atoms with Gasteiger partial charge in [-0.05, 0) is 29.3 Å². The third-order valence-electron chi connectivity index (χ3n) is 4.38. The highest BCUT2D eigenvalue weighted by molar-refractivity contribution is 5.91. The van der Waals surface area contributed by atoms with E-state index in [0.29, 0.717) is 6.42 Å². The Morgan fingerprint density at radius 2 is 2.04 bits per heavy atom. The van der Waals surface area contributed by atoms with Crippen molar-refractivity contribution in [1.29, 1.82) is 0 Å². The first-order valence-corrected chi connectivity index (χ1v) is 7.92. The molecule has 0 aliphatic carbocycles. The van der Waals surface area contributed by atoms with Gasteiger partial charge in [0.25, 0.3) is 0 Å². The van der Waals surface area contributed by atoms with Crippen molar-refractivity contribution in [1.82, 2.24) is 19.6 Å². The summed E-state index contributed by atoms with van der Waals surface area (Å²) in [5, 5.41) is 5.28. The fourth-order valence-electron chi connectivity index (χ4n) is 3.28. The summed E-state index contributed by atoms with van der Waals surface area (Å²) in [6.45, 7) is 0.761. The summed E-state index contributed by atoms with van der Waals surface area (Å²) in [5.41, 5.74) is 9.91. The normalized spacial score (nSPS) is 13.3. The van der Waals surface area contributed by atoms with Crippen molar-refractivity contribution in [2.45, 2.75) is 12.8 Å². The lowest BCUT2D eigenvalue weighted by Gasteiger charge is -2.08. The highest BCUT2D eigenvalue weighted by Gasteiger charge is 2.15. The van der Waals surface area contributed by atoms with Crippen LogP contribution in [0.4, 0.5) is 5.95 Å². The summed E-state index contributed by atoms with van der Waals surface area (Å²) in [6.07, 6.45) is 1.62. The number of hydrogen-bond acceptors (Lipinski definition) is 5. The van der Waals surface area contributed by atoms with E-state index in [1.165, 1.54) is 11.1 Å². The summed E-state index contributed by atoms with van der Waals surface area (Å²) >= 11 is 0. The maximum absolute atomic E-state index is 5.83. The Balaban J connectivity index is 1.67. The van der Waals surface area contributed by atoms with Gasteiger partial charge < -0.3 is 10.5 Å². The van der Waals surface area contributed by atoms with Gasteiger partial charge in [-0.2, -0.15) is 9.50 Å².